The van der Waals surface area contributed by atoms with E-state index in [0.29, 0.717) is 12.1 Å². The average Bonchev–Trinajstić information content (AvgIpc) is 3.26. The molecule has 1 aliphatic rings. The van der Waals surface area contributed by atoms with Gasteiger partial charge in [0.2, 0.25) is 0 Å². The number of nitrogens with zero attached hydrogens (tertiary/aromatic N) is 4. The number of fused-ring (bicyclic) bond motifs is 1. The quantitative estimate of drug-likeness (QED) is 0.758. The number of benzene rings is 2. The lowest BCUT2D eigenvalue weighted by atomic mass is 9.99. The Morgan fingerprint density at radius 2 is 1.93 bits per heavy atom. The first-order chi connectivity index (χ1) is 13.2. The number of aromatic nitrogens is 3. The van der Waals surface area contributed by atoms with Crippen molar-refractivity contribution in [3.8, 4) is 5.69 Å². The van der Waals surface area contributed by atoms with Crippen LogP contribution in [0.3, 0.4) is 0 Å². The predicted octanol–water partition coefficient (Wildman–Crippen LogP) is 2.44. The summed E-state index contributed by atoms with van der Waals surface area (Å²) in [6.45, 7) is 4.77. The third-order valence-electron chi connectivity index (χ3n) is 5.15. The first-order valence-electron chi connectivity index (χ1n) is 9.25. The van der Waals surface area contributed by atoms with E-state index in [2.05, 4.69) is 51.5 Å². The van der Waals surface area contributed by atoms with Crippen LogP contribution in [0.2, 0.25) is 0 Å². The molecule has 0 spiro atoms. The third-order valence-corrected chi connectivity index (χ3v) is 5.15. The Labute approximate surface area is 158 Å². The van der Waals surface area contributed by atoms with E-state index in [4.69, 9.17) is 0 Å². The summed E-state index contributed by atoms with van der Waals surface area (Å²) in [7, 11) is 0. The summed E-state index contributed by atoms with van der Waals surface area (Å²) in [6, 6.07) is 16.3. The second kappa shape index (κ2) is 7.72. The molecule has 6 heteroatoms. The van der Waals surface area contributed by atoms with E-state index in [9.17, 15) is 4.79 Å². The molecule has 0 saturated carbocycles. The summed E-state index contributed by atoms with van der Waals surface area (Å²) in [4.78, 5) is 18.8. The van der Waals surface area contributed by atoms with Crippen molar-refractivity contribution in [2.75, 3.05) is 13.1 Å². The molecule has 0 saturated heterocycles. The van der Waals surface area contributed by atoms with Gasteiger partial charge in [0.1, 0.15) is 12.7 Å². The molecular formula is C21H23N5O. The SMILES string of the molecule is CC(CNC(=O)c1ccc(-n2cncn2)cc1)N1CCc2ccccc2C1. The zero-order valence-electron chi connectivity index (χ0n) is 15.4. The fourth-order valence-corrected chi connectivity index (χ4v) is 3.47. The molecule has 27 heavy (non-hydrogen) atoms. The van der Waals surface area contributed by atoms with Crippen molar-refractivity contribution in [1.82, 2.24) is 25.0 Å². The molecule has 2 heterocycles. The summed E-state index contributed by atoms with van der Waals surface area (Å²) in [5.74, 6) is -0.0515. The summed E-state index contributed by atoms with van der Waals surface area (Å²) in [6.07, 6.45) is 4.19. The van der Waals surface area contributed by atoms with Crippen LogP contribution in [0.1, 0.15) is 28.4 Å². The Morgan fingerprint density at radius 1 is 1.15 bits per heavy atom. The fourth-order valence-electron chi connectivity index (χ4n) is 3.47. The molecule has 138 valence electrons. The van der Waals surface area contributed by atoms with Gasteiger partial charge in [-0.3, -0.25) is 9.69 Å². The van der Waals surface area contributed by atoms with Crippen molar-refractivity contribution >= 4 is 5.91 Å². The predicted molar refractivity (Wildman–Crippen MR) is 104 cm³/mol. The van der Waals surface area contributed by atoms with Gasteiger partial charge in [0, 0.05) is 31.2 Å². The summed E-state index contributed by atoms with van der Waals surface area (Å²) < 4.78 is 1.66. The molecular weight excluding hydrogens is 338 g/mol. The first kappa shape index (κ1) is 17.4. The van der Waals surface area contributed by atoms with Crippen LogP contribution >= 0.6 is 0 Å². The highest BCUT2D eigenvalue weighted by molar-refractivity contribution is 5.94. The minimum absolute atomic E-state index is 0.0515. The molecule has 1 aliphatic heterocycles. The maximum atomic E-state index is 12.5. The van der Waals surface area contributed by atoms with E-state index in [-0.39, 0.29) is 11.9 Å². The van der Waals surface area contributed by atoms with Crippen LogP contribution in [0, 0.1) is 0 Å². The lowest BCUT2D eigenvalue weighted by molar-refractivity contribution is 0.0932. The molecule has 1 N–H and O–H groups in total. The molecule has 4 rings (SSSR count). The summed E-state index contributed by atoms with van der Waals surface area (Å²) in [5, 5.41) is 7.15. The number of nitrogens with one attached hydrogen (secondary N) is 1. The largest absolute Gasteiger partial charge is 0.350 e. The Morgan fingerprint density at radius 3 is 2.67 bits per heavy atom. The van der Waals surface area contributed by atoms with Crippen molar-refractivity contribution in [3.63, 3.8) is 0 Å². The van der Waals surface area contributed by atoms with E-state index in [1.54, 1.807) is 11.0 Å². The molecule has 0 aliphatic carbocycles. The normalized spacial score (nSPS) is 15.1. The Kier molecular flexibility index (Phi) is 4.98. The van der Waals surface area contributed by atoms with Gasteiger partial charge in [-0.1, -0.05) is 24.3 Å². The van der Waals surface area contributed by atoms with Gasteiger partial charge < -0.3 is 5.32 Å². The Hall–Kier alpha value is -2.99. The minimum atomic E-state index is -0.0515. The van der Waals surface area contributed by atoms with E-state index in [1.807, 2.05) is 24.3 Å². The van der Waals surface area contributed by atoms with Gasteiger partial charge in [-0.15, -0.1) is 0 Å². The monoisotopic (exact) mass is 361 g/mol. The molecule has 1 atom stereocenters. The van der Waals surface area contributed by atoms with E-state index >= 15 is 0 Å². The van der Waals surface area contributed by atoms with Crippen molar-refractivity contribution in [2.45, 2.75) is 25.9 Å². The van der Waals surface area contributed by atoms with Crippen LogP contribution in [0.15, 0.2) is 61.2 Å². The topological polar surface area (TPSA) is 63.1 Å². The molecule has 2 aromatic carbocycles. The third kappa shape index (κ3) is 3.90. The van der Waals surface area contributed by atoms with Gasteiger partial charge >= 0.3 is 0 Å². The second-order valence-electron chi connectivity index (χ2n) is 6.94. The Balaban J connectivity index is 1.32. The van der Waals surface area contributed by atoms with Crippen LogP contribution < -0.4 is 5.32 Å². The molecule has 0 bridgehead atoms. The number of hydrogen-bond acceptors (Lipinski definition) is 4. The van der Waals surface area contributed by atoms with Crippen LogP contribution in [-0.4, -0.2) is 44.7 Å². The number of carbonyl (C=O) groups excluding carboxylic acids is 1. The first-order valence-corrected chi connectivity index (χ1v) is 9.25. The molecule has 1 amide bonds. The van der Waals surface area contributed by atoms with Crippen LogP contribution in [0.25, 0.3) is 5.69 Å². The highest BCUT2D eigenvalue weighted by Gasteiger charge is 2.20. The van der Waals surface area contributed by atoms with Gasteiger partial charge in [-0.2, -0.15) is 5.10 Å². The Bertz CT molecular complexity index is 905. The molecule has 1 unspecified atom stereocenters. The van der Waals surface area contributed by atoms with Gasteiger partial charge in [-0.05, 0) is 48.7 Å². The molecule has 1 aromatic heterocycles. The number of rotatable bonds is 5. The smallest absolute Gasteiger partial charge is 0.251 e. The van der Waals surface area contributed by atoms with Gasteiger partial charge in [-0.25, -0.2) is 9.67 Å². The zero-order valence-corrected chi connectivity index (χ0v) is 15.4. The van der Waals surface area contributed by atoms with E-state index in [0.717, 1.165) is 25.2 Å². The molecule has 0 radical (unpaired) electrons. The van der Waals surface area contributed by atoms with Gasteiger partial charge in [0.15, 0.2) is 0 Å². The van der Waals surface area contributed by atoms with E-state index in [1.165, 1.54) is 17.5 Å². The van der Waals surface area contributed by atoms with Gasteiger partial charge in [0.05, 0.1) is 5.69 Å². The molecule has 3 aromatic rings. The minimum Gasteiger partial charge on any atom is -0.350 e. The van der Waals surface area contributed by atoms with Crippen LogP contribution in [0.5, 0.6) is 0 Å². The van der Waals surface area contributed by atoms with Crippen LogP contribution in [0.4, 0.5) is 0 Å². The second-order valence-corrected chi connectivity index (χ2v) is 6.94. The van der Waals surface area contributed by atoms with Gasteiger partial charge in [0.25, 0.3) is 5.91 Å². The number of amides is 1. The van der Waals surface area contributed by atoms with E-state index < -0.39 is 0 Å². The maximum Gasteiger partial charge on any atom is 0.251 e. The van der Waals surface area contributed by atoms with Crippen LogP contribution in [-0.2, 0) is 13.0 Å². The van der Waals surface area contributed by atoms with Crippen molar-refractivity contribution in [3.05, 3.63) is 77.9 Å². The van der Waals surface area contributed by atoms with Crippen molar-refractivity contribution in [2.24, 2.45) is 0 Å². The highest BCUT2D eigenvalue weighted by atomic mass is 16.1. The fraction of sp³-hybridized carbons (Fsp3) is 0.286. The lowest BCUT2D eigenvalue weighted by Crippen LogP contribution is -2.44. The lowest BCUT2D eigenvalue weighted by Gasteiger charge is -2.33. The molecule has 6 nitrogen and oxygen atoms in total. The summed E-state index contributed by atoms with van der Waals surface area (Å²) >= 11 is 0. The standard InChI is InChI=1S/C21H23N5O/c1-16(25-11-10-17-4-2-3-5-19(17)13-25)12-23-21(27)18-6-8-20(9-7-18)26-15-22-14-24-26/h2-9,14-16H,10-13H2,1H3,(H,23,27). The average molecular weight is 361 g/mol. The molecule has 0 fully saturated rings. The highest BCUT2D eigenvalue weighted by Crippen LogP contribution is 2.20. The number of hydrogen-bond donors (Lipinski definition) is 1. The zero-order chi connectivity index (χ0) is 18.6. The van der Waals surface area contributed by atoms with Crippen molar-refractivity contribution in [1.29, 1.82) is 0 Å². The summed E-state index contributed by atoms with van der Waals surface area (Å²) in [5.41, 5.74) is 4.36. The van der Waals surface area contributed by atoms with Crippen molar-refractivity contribution < 1.29 is 4.79 Å². The maximum absolute atomic E-state index is 12.5. The number of carbonyl (C=O) groups is 1.